The summed E-state index contributed by atoms with van der Waals surface area (Å²) in [6, 6.07) is 7.43. The fourth-order valence-corrected chi connectivity index (χ4v) is 4.41. The number of rotatable bonds is 4. The number of benzene rings is 1. The number of pyridine rings is 1. The lowest BCUT2D eigenvalue weighted by atomic mass is 9.67. The molecule has 4 rings (SSSR count). The number of methoxy groups -OCH3 is 1. The summed E-state index contributed by atoms with van der Waals surface area (Å²) in [6.07, 6.45) is 1.19. The number of ether oxygens (including phenoxy) is 2. The molecule has 132 valence electrons. The Morgan fingerprint density at radius 2 is 2.32 bits per heavy atom. The first-order valence-electron chi connectivity index (χ1n) is 8.57. The number of nitrogens with zero attached hydrogens (tertiary/aromatic N) is 1. The standard InChI is InChI=1S/C19H21ClN2O3/c1-10-8-13(11-4-3-5-15(20)17(11)21-10)19(23)22-16-12-6-7-25-18(12)14(16)9-24-2/h3-5,8,12,14,16,18H,6-7,9H2,1-2H3,(H,22,23)/t12-,14-,16-,18-/m0/s1. The molecule has 1 aliphatic carbocycles. The molecule has 1 aromatic heterocycles. The minimum Gasteiger partial charge on any atom is -0.384 e. The van der Waals surface area contributed by atoms with Crippen LogP contribution in [0.1, 0.15) is 22.5 Å². The van der Waals surface area contributed by atoms with Crippen molar-refractivity contribution in [2.75, 3.05) is 20.3 Å². The van der Waals surface area contributed by atoms with E-state index in [2.05, 4.69) is 10.3 Å². The second-order valence-corrected chi connectivity index (χ2v) is 7.26. The average molecular weight is 361 g/mol. The van der Waals surface area contributed by atoms with Crippen molar-refractivity contribution in [3.05, 3.63) is 40.5 Å². The van der Waals surface area contributed by atoms with Crippen LogP contribution >= 0.6 is 11.6 Å². The largest absolute Gasteiger partial charge is 0.384 e. The summed E-state index contributed by atoms with van der Waals surface area (Å²) < 4.78 is 11.1. The topological polar surface area (TPSA) is 60.5 Å². The van der Waals surface area contributed by atoms with Gasteiger partial charge in [-0.25, -0.2) is 0 Å². The number of carbonyl (C=O) groups excluding carboxylic acids is 1. The SMILES string of the molecule is COC[C@H]1[C@@H](NC(=O)c2cc(C)nc3c(Cl)cccc23)[C@@H]2CCO[C@@H]21. The molecule has 0 bridgehead atoms. The van der Waals surface area contributed by atoms with Gasteiger partial charge in [0.25, 0.3) is 5.91 Å². The molecule has 0 radical (unpaired) electrons. The van der Waals surface area contributed by atoms with Crippen molar-refractivity contribution in [3.63, 3.8) is 0 Å². The highest BCUT2D eigenvalue weighted by Crippen LogP contribution is 2.44. The fraction of sp³-hybridized carbons (Fsp3) is 0.474. The second kappa shape index (κ2) is 6.56. The normalized spacial score (nSPS) is 27.8. The van der Waals surface area contributed by atoms with Crippen molar-refractivity contribution in [2.24, 2.45) is 11.8 Å². The number of carbonyl (C=O) groups is 1. The fourth-order valence-electron chi connectivity index (χ4n) is 4.19. The van der Waals surface area contributed by atoms with E-state index in [0.29, 0.717) is 28.6 Å². The first-order valence-corrected chi connectivity index (χ1v) is 8.95. The number of para-hydroxylation sites is 1. The molecule has 1 amide bonds. The van der Waals surface area contributed by atoms with Gasteiger partial charge >= 0.3 is 0 Å². The molecular weight excluding hydrogens is 340 g/mol. The van der Waals surface area contributed by atoms with Gasteiger partial charge < -0.3 is 14.8 Å². The smallest absolute Gasteiger partial charge is 0.252 e. The second-order valence-electron chi connectivity index (χ2n) is 6.85. The molecule has 2 aliphatic rings. The van der Waals surface area contributed by atoms with Crippen molar-refractivity contribution >= 4 is 28.4 Å². The molecule has 1 saturated carbocycles. The third-order valence-electron chi connectivity index (χ3n) is 5.35. The molecule has 5 nitrogen and oxygen atoms in total. The van der Waals surface area contributed by atoms with Crippen LogP contribution < -0.4 is 5.32 Å². The molecule has 1 N–H and O–H groups in total. The maximum Gasteiger partial charge on any atom is 0.252 e. The average Bonchev–Trinajstić information content (AvgIpc) is 3.02. The number of halogens is 1. The zero-order valence-electron chi connectivity index (χ0n) is 14.3. The third-order valence-corrected chi connectivity index (χ3v) is 5.65. The van der Waals surface area contributed by atoms with Crippen molar-refractivity contribution in [1.82, 2.24) is 10.3 Å². The summed E-state index contributed by atoms with van der Waals surface area (Å²) in [5.74, 6) is 0.496. The Labute approximate surface area is 151 Å². The van der Waals surface area contributed by atoms with Crippen LogP contribution in [0.5, 0.6) is 0 Å². The van der Waals surface area contributed by atoms with Crippen LogP contribution in [-0.2, 0) is 9.47 Å². The highest BCUT2D eigenvalue weighted by molar-refractivity contribution is 6.35. The Bertz CT molecular complexity index is 826. The summed E-state index contributed by atoms with van der Waals surface area (Å²) in [7, 11) is 1.68. The van der Waals surface area contributed by atoms with Gasteiger partial charge in [-0.2, -0.15) is 0 Å². The molecule has 2 fully saturated rings. The summed E-state index contributed by atoms with van der Waals surface area (Å²) in [4.78, 5) is 17.5. The Morgan fingerprint density at radius 1 is 1.48 bits per heavy atom. The quantitative estimate of drug-likeness (QED) is 0.910. The van der Waals surface area contributed by atoms with Crippen molar-refractivity contribution in [1.29, 1.82) is 0 Å². The molecule has 1 aliphatic heterocycles. The highest BCUT2D eigenvalue weighted by Gasteiger charge is 2.54. The predicted molar refractivity (Wildman–Crippen MR) is 96.0 cm³/mol. The van der Waals surface area contributed by atoms with Gasteiger partial charge in [-0.05, 0) is 25.5 Å². The van der Waals surface area contributed by atoms with Gasteiger partial charge in [0.2, 0.25) is 0 Å². The third kappa shape index (κ3) is 2.80. The van der Waals surface area contributed by atoms with E-state index in [1.54, 1.807) is 13.2 Å². The Kier molecular flexibility index (Phi) is 4.40. The van der Waals surface area contributed by atoms with E-state index in [1.807, 2.05) is 25.1 Å². The minimum absolute atomic E-state index is 0.0858. The van der Waals surface area contributed by atoms with E-state index in [-0.39, 0.29) is 24.0 Å². The number of fused-ring (bicyclic) bond motifs is 2. The monoisotopic (exact) mass is 360 g/mol. The van der Waals surface area contributed by atoms with E-state index in [0.717, 1.165) is 24.1 Å². The number of hydrogen-bond acceptors (Lipinski definition) is 4. The van der Waals surface area contributed by atoms with Gasteiger partial charge in [0.05, 0.1) is 28.8 Å². The van der Waals surface area contributed by atoms with Crippen molar-refractivity contribution in [2.45, 2.75) is 25.5 Å². The molecule has 4 atom stereocenters. The molecule has 2 heterocycles. The van der Waals surface area contributed by atoms with Crippen molar-refractivity contribution in [3.8, 4) is 0 Å². The van der Waals surface area contributed by atoms with E-state index < -0.39 is 0 Å². The zero-order valence-corrected chi connectivity index (χ0v) is 15.0. The van der Waals surface area contributed by atoms with Crippen molar-refractivity contribution < 1.29 is 14.3 Å². The zero-order chi connectivity index (χ0) is 17.6. The molecule has 1 aromatic carbocycles. The van der Waals surface area contributed by atoms with Gasteiger partial charge in [-0.3, -0.25) is 9.78 Å². The number of hydrogen-bond donors (Lipinski definition) is 1. The lowest BCUT2D eigenvalue weighted by molar-refractivity contribution is -0.0809. The van der Waals surface area contributed by atoms with E-state index in [1.165, 1.54) is 0 Å². The molecular formula is C19H21ClN2O3. The number of amides is 1. The first-order chi connectivity index (χ1) is 12.1. The Morgan fingerprint density at radius 3 is 3.12 bits per heavy atom. The van der Waals surface area contributed by atoms with Crippen LogP contribution in [-0.4, -0.2) is 43.4 Å². The number of aromatic nitrogens is 1. The Hall–Kier alpha value is -1.69. The van der Waals surface area contributed by atoms with E-state index >= 15 is 0 Å². The van der Waals surface area contributed by atoms with Gasteiger partial charge in [0, 0.05) is 42.7 Å². The molecule has 1 saturated heterocycles. The van der Waals surface area contributed by atoms with Crippen LogP contribution in [0.3, 0.4) is 0 Å². The van der Waals surface area contributed by atoms with Gasteiger partial charge in [0.15, 0.2) is 0 Å². The predicted octanol–water partition coefficient (Wildman–Crippen LogP) is 2.98. The lowest BCUT2D eigenvalue weighted by Crippen LogP contribution is -2.62. The van der Waals surface area contributed by atoms with Crippen LogP contribution in [0.2, 0.25) is 5.02 Å². The van der Waals surface area contributed by atoms with E-state index in [4.69, 9.17) is 21.1 Å². The van der Waals surface area contributed by atoms with Gasteiger partial charge in [0.1, 0.15) is 0 Å². The minimum atomic E-state index is -0.0887. The van der Waals surface area contributed by atoms with Crippen LogP contribution in [0.4, 0.5) is 0 Å². The highest BCUT2D eigenvalue weighted by atomic mass is 35.5. The van der Waals surface area contributed by atoms with Crippen LogP contribution in [0.15, 0.2) is 24.3 Å². The van der Waals surface area contributed by atoms with Gasteiger partial charge in [-0.15, -0.1) is 0 Å². The van der Waals surface area contributed by atoms with Crippen LogP contribution in [0.25, 0.3) is 10.9 Å². The Balaban J connectivity index is 1.63. The maximum atomic E-state index is 13.0. The summed E-state index contributed by atoms with van der Waals surface area (Å²) in [5.41, 5.74) is 2.05. The molecule has 2 aromatic rings. The number of aryl methyl sites for hydroxylation is 1. The summed E-state index contributed by atoms with van der Waals surface area (Å²) >= 11 is 6.26. The van der Waals surface area contributed by atoms with Crippen LogP contribution in [0, 0.1) is 18.8 Å². The molecule has 0 spiro atoms. The van der Waals surface area contributed by atoms with E-state index in [9.17, 15) is 4.79 Å². The van der Waals surface area contributed by atoms with Gasteiger partial charge in [-0.1, -0.05) is 23.7 Å². The lowest BCUT2D eigenvalue weighted by Gasteiger charge is -2.47. The molecule has 0 unspecified atom stereocenters. The number of nitrogens with one attached hydrogen (secondary N) is 1. The molecule has 6 heteroatoms. The molecule has 25 heavy (non-hydrogen) atoms. The first kappa shape index (κ1) is 16.8. The summed E-state index contributed by atoms with van der Waals surface area (Å²) in [5, 5.41) is 4.54. The maximum absolute atomic E-state index is 13.0. The summed E-state index contributed by atoms with van der Waals surface area (Å²) in [6.45, 7) is 3.22.